The number of amides is 2. The highest BCUT2D eigenvalue weighted by atomic mass is 16.6. The van der Waals surface area contributed by atoms with Crippen molar-refractivity contribution in [3.63, 3.8) is 0 Å². The van der Waals surface area contributed by atoms with Gasteiger partial charge in [0.05, 0.1) is 4.92 Å². The van der Waals surface area contributed by atoms with E-state index in [2.05, 4.69) is 16.9 Å². The summed E-state index contributed by atoms with van der Waals surface area (Å²) in [6, 6.07) is 0.991. The van der Waals surface area contributed by atoms with Gasteiger partial charge in [-0.3, -0.25) is 15.1 Å². The Kier molecular flexibility index (Phi) is 4.99. The van der Waals surface area contributed by atoms with Crippen molar-refractivity contribution in [3.05, 3.63) is 40.7 Å². The predicted molar refractivity (Wildman–Crippen MR) is 72.0 cm³/mol. The molecule has 2 amide bonds. The zero-order chi connectivity index (χ0) is 14.4. The number of aromatic nitrogens is 1. The van der Waals surface area contributed by atoms with Crippen molar-refractivity contribution in [2.45, 2.75) is 13.8 Å². The average molecular weight is 264 g/mol. The van der Waals surface area contributed by atoms with Crippen LogP contribution in [0.4, 0.5) is 16.2 Å². The first kappa shape index (κ1) is 14.6. The Morgan fingerprint density at radius 1 is 1.63 bits per heavy atom. The van der Waals surface area contributed by atoms with Crippen LogP contribution in [0.1, 0.15) is 13.8 Å². The van der Waals surface area contributed by atoms with E-state index in [0.717, 1.165) is 11.8 Å². The Labute approximate surface area is 111 Å². The third-order valence-corrected chi connectivity index (χ3v) is 2.37. The molecule has 0 saturated heterocycles. The second-order valence-corrected chi connectivity index (χ2v) is 4.05. The SMILES string of the molecule is C=C(C)CN(CC)C(=O)Nc1ccncc1[N+](=O)[O-]. The van der Waals surface area contributed by atoms with Crippen LogP contribution in [0.25, 0.3) is 0 Å². The van der Waals surface area contributed by atoms with E-state index < -0.39 is 11.0 Å². The van der Waals surface area contributed by atoms with Crippen LogP contribution in [-0.4, -0.2) is 33.9 Å². The molecule has 1 rings (SSSR count). The number of hydrogen-bond donors (Lipinski definition) is 1. The maximum atomic E-state index is 12.0. The van der Waals surface area contributed by atoms with Gasteiger partial charge in [0.25, 0.3) is 0 Å². The number of rotatable bonds is 5. The van der Waals surface area contributed by atoms with Gasteiger partial charge in [-0.1, -0.05) is 12.2 Å². The summed E-state index contributed by atoms with van der Waals surface area (Å²) in [7, 11) is 0. The van der Waals surface area contributed by atoms with Crippen molar-refractivity contribution in [1.29, 1.82) is 0 Å². The van der Waals surface area contributed by atoms with Crippen LogP contribution in [0, 0.1) is 10.1 Å². The molecule has 1 aromatic heterocycles. The van der Waals surface area contributed by atoms with Gasteiger partial charge < -0.3 is 10.2 Å². The minimum absolute atomic E-state index is 0.130. The van der Waals surface area contributed by atoms with Crippen molar-refractivity contribution >= 4 is 17.4 Å². The Morgan fingerprint density at radius 3 is 2.84 bits per heavy atom. The zero-order valence-electron chi connectivity index (χ0n) is 10.9. The highest BCUT2D eigenvalue weighted by molar-refractivity contribution is 5.91. The lowest BCUT2D eigenvalue weighted by molar-refractivity contribution is -0.384. The van der Waals surface area contributed by atoms with Crippen LogP contribution in [0.5, 0.6) is 0 Å². The number of pyridine rings is 1. The van der Waals surface area contributed by atoms with E-state index in [-0.39, 0.29) is 11.4 Å². The van der Waals surface area contributed by atoms with Crippen LogP contribution >= 0.6 is 0 Å². The third kappa shape index (κ3) is 4.06. The van der Waals surface area contributed by atoms with E-state index in [0.29, 0.717) is 13.1 Å². The summed E-state index contributed by atoms with van der Waals surface area (Å²) >= 11 is 0. The molecule has 1 aromatic rings. The van der Waals surface area contributed by atoms with Gasteiger partial charge in [0.2, 0.25) is 0 Å². The van der Waals surface area contributed by atoms with Crippen molar-refractivity contribution in [3.8, 4) is 0 Å². The first-order chi connectivity index (χ1) is 8.95. The monoisotopic (exact) mass is 264 g/mol. The van der Waals surface area contributed by atoms with E-state index in [1.165, 1.54) is 17.2 Å². The molecular weight excluding hydrogens is 248 g/mol. The van der Waals surface area contributed by atoms with Crippen LogP contribution < -0.4 is 5.32 Å². The second kappa shape index (κ2) is 6.48. The molecule has 7 nitrogen and oxygen atoms in total. The summed E-state index contributed by atoms with van der Waals surface area (Å²) in [6.45, 7) is 8.26. The van der Waals surface area contributed by atoms with Gasteiger partial charge in [-0.25, -0.2) is 4.79 Å². The number of carbonyl (C=O) groups is 1. The van der Waals surface area contributed by atoms with Crippen molar-refractivity contribution in [2.24, 2.45) is 0 Å². The Morgan fingerprint density at radius 2 is 2.32 bits per heavy atom. The summed E-state index contributed by atoms with van der Waals surface area (Å²) in [5.74, 6) is 0. The zero-order valence-corrected chi connectivity index (χ0v) is 10.9. The quantitative estimate of drug-likeness (QED) is 0.502. The lowest BCUT2D eigenvalue weighted by atomic mass is 10.3. The van der Waals surface area contributed by atoms with Gasteiger partial charge in [-0.15, -0.1) is 0 Å². The highest BCUT2D eigenvalue weighted by Crippen LogP contribution is 2.22. The van der Waals surface area contributed by atoms with E-state index in [1.54, 1.807) is 0 Å². The fourth-order valence-corrected chi connectivity index (χ4v) is 1.48. The van der Waals surface area contributed by atoms with Gasteiger partial charge in [0, 0.05) is 19.3 Å². The topological polar surface area (TPSA) is 88.4 Å². The number of anilines is 1. The summed E-state index contributed by atoms with van der Waals surface area (Å²) in [5.41, 5.74) is 0.730. The van der Waals surface area contributed by atoms with Crippen molar-refractivity contribution in [2.75, 3.05) is 18.4 Å². The van der Waals surface area contributed by atoms with Crippen LogP contribution in [0.2, 0.25) is 0 Å². The normalized spacial score (nSPS) is 9.79. The van der Waals surface area contributed by atoms with E-state index in [1.807, 2.05) is 13.8 Å². The highest BCUT2D eigenvalue weighted by Gasteiger charge is 2.18. The van der Waals surface area contributed by atoms with Crippen LogP contribution in [-0.2, 0) is 0 Å². The summed E-state index contributed by atoms with van der Waals surface area (Å²) < 4.78 is 0. The van der Waals surface area contributed by atoms with Crippen LogP contribution in [0.3, 0.4) is 0 Å². The molecule has 0 bridgehead atoms. The summed E-state index contributed by atoms with van der Waals surface area (Å²) in [6.07, 6.45) is 2.49. The Hall–Kier alpha value is -2.44. The van der Waals surface area contributed by atoms with Crippen molar-refractivity contribution in [1.82, 2.24) is 9.88 Å². The lowest BCUT2D eigenvalue weighted by Crippen LogP contribution is -2.36. The third-order valence-electron chi connectivity index (χ3n) is 2.37. The molecule has 0 aromatic carbocycles. The minimum Gasteiger partial charge on any atom is -0.321 e. The molecule has 0 aliphatic rings. The average Bonchev–Trinajstić information content (AvgIpc) is 2.35. The van der Waals surface area contributed by atoms with E-state index in [9.17, 15) is 14.9 Å². The number of urea groups is 1. The maximum absolute atomic E-state index is 12.0. The molecule has 102 valence electrons. The minimum atomic E-state index is -0.586. The Balaban J connectivity index is 2.87. The fraction of sp³-hybridized carbons (Fsp3) is 0.333. The first-order valence-electron chi connectivity index (χ1n) is 5.74. The van der Waals surface area contributed by atoms with Gasteiger partial charge >= 0.3 is 11.7 Å². The molecule has 1 heterocycles. The number of hydrogen-bond acceptors (Lipinski definition) is 4. The van der Waals surface area contributed by atoms with E-state index >= 15 is 0 Å². The summed E-state index contributed by atoms with van der Waals surface area (Å²) in [5, 5.41) is 13.3. The second-order valence-electron chi connectivity index (χ2n) is 4.05. The van der Waals surface area contributed by atoms with E-state index in [4.69, 9.17) is 0 Å². The molecule has 0 radical (unpaired) electrons. The molecule has 0 atom stereocenters. The number of likely N-dealkylation sites (N-methyl/N-ethyl adjacent to an activating group) is 1. The number of nitrogens with one attached hydrogen (secondary N) is 1. The smallest absolute Gasteiger partial charge is 0.321 e. The molecule has 0 fully saturated rings. The molecule has 0 saturated carbocycles. The molecule has 19 heavy (non-hydrogen) atoms. The van der Waals surface area contributed by atoms with Crippen molar-refractivity contribution < 1.29 is 9.72 Å². The standard InChI is InChI=1S/C12H16N4O3/c1-4-15(8-9(2)3)12(17)14-10-5-6-13-7-11(10)16(18)19/h5-7H,2,4,8H2,1,3H3,(H,13,14,17). The first-order valence-corrected chi connectivity index (χ1v) is 5.74. The molecular formula is C12H16N4O3. The van der Waals surface area contributed by atoms with Crippen LogP contribution in [0.15, 0.2) is 30.6 Å². The maximum Gasteiger partial charge on any atom is 0.322 e. The predicted octanol–water partition coefficient (Wildman–Crippen LogP) is 2.42. The molecule has 0 spiro atoms. The Bertz CT molecular complexity index is 502. The molecule has 1 N–H and O–H groups in total. The van der Waals surface area contributed by atoms with Gasteiger partial charge in [-0.2, -0.15) is 0 Å². The molecule has 0 unspecified atom stereocenters. The lowest BCUT2D eigenvalue weighted by Gasteiger charge is -2.21. The number of nitro groups is 1. The molecule has 0 aliphatic heterocycles. The summed E-state index contributed by atoms with van der Waals surface area (Å²) in [4.78, 5) is 27.4. The number of nitrogens with zero attached hydrogens (tertiary/aromatic N) is 3. The fourth-order valence-electron chi connectivity index (χ4n) is 1.48. The van der Waals surface area contributed by atoms with Gasteiger partial charge in [-0.05, 0) is 19.9 Å². The van der Waals surface area contributed by atoms with Gasteiger partial charge in [0.1, 0.15) is 11.9 Å². The van der Waals surface area contributed by atoms with Gasteiger partial charge in [0.15, 0.2) is 0 Å². The molecule has 7 heteroatoms. The molecule has 0 aliphatic carbocycles. The largest absolute Gasteiger partial charge is 0.322 e. The number of carbonyl (C=O) groups excluding carboxylic acids is 1.